The van der Waals surface area contributed by atoms with E-state index >= 15 is 0 Å². The van der Waals surface area contributed by atoms with Gasteiger partial charge in [-0.1, -0.05) is 6.07 Å². The van der Waals surface area contributed by atoms with Gasteiger partial charge in [-0.3, -0.25) is 31.1 Å². The smallest absolute Gasteiger partial charge is 0.355 e. The Balaban J connectivity index is 1.82. The molecule has 0 saturated carbocycles. The van der Waals surface area contributed by atoms with Gasteiger partial charge in [0.15, 0.2) is 0 Å². The minimum Gasteiger partial charge on any atom is -0.497 e. The molecule has 3 aromatic rings. The Morgan fingerprint density at radius 1 is 0.897 bits per heavy atom. The van der Waals surface area contributed by atoms with Crippen molar-refractivity contribution in [2.75, 3.05) is 23.3 Å². The summed E-state index contributed by atoms with van der Waals surface area (Å²) in [7, 11) is 1.51. The third-order valence-electron chi connectivity index (χ3n) is 3.74. The molecule has 1 heterocycles. The zero-order valence-electron chi connectivity index (χ0n) is 15.0. The Hall–Kier alpha value is -4.48. The summed E-state index contributed by atoms with van der Waals surface area (Å²) in [6, 6.07) is 12.3. The van der Waals surface area contributed by atoms with Crippen LogP contribution in [0.1, 0.15) is 0 Å². The van der Waals surface area contributed by atoms with Gasteiger partial charge in [-0.25, -0.2) is 9.97 Å². The normalized spacial score (nSPS) is 10.1. The van der Waals surface area contributed by atoms with Crippen LogP contribution in [0, 0.1) is 20.2 Å². The van der Waals surface area contributed by atoms with E-state index in [9.17, 15) is 20.2 Å². The number of aromatic nitrogens is 2. The first kappa shape index (κ1) is 19.3. The molecule has 0 fully saturated rings. The molecular weight excluding hydrogens is 382 g/mol. The summed E-state index contributed by atoms with van der Waals surface area (Å²) in [6.07, 6.45) is 1.16. The zero-order chi connectivity index (χ0) is 20.8. The van der Waals surface area contributed by atoms with Gasteiger partial charge in [0.25, 0.3) is 5.69 Å². The fraction of sp³-hybridized carbons (Fsp3) is 0.0588. The van der Waals surface area contributed by atoms with Gasteiger partial charge in [-0.05, 0) is 24.3 Å². The molecule has 3 N–H and O–H groups in total. The second-order valence-electron chi connectivity index (χ2n) is 5.59. The highest BCUT2D eigenvalue weighted by Crippen LogP contribution is 2.32. The number of benzene rings is 2. The molecule has 0 bridgehead atoms. The van der Waals surface area contributed by atoms with E-state index in [0.717, 1.165) is 6.33 Å². The number of anilines is 4. The van der Waals surface area contributed by atoms with Crippen LogP contribution in [0.3, 0.4) is 0 Å². The monoisotopic (exact) mass is 397 g/mol. The summed E-state index contributed by atoms with van der Waals surface area (Å²) in [4.78, 5) is 29.0. The zero-order valence-corrected chi connectivity index (χ0v) is 15.0. The van der Waals surface area contributed by atoms with Gasteiger partial charge in [0.1, 0.15) is 12.1 Å². The van der Waals surface area contributed by atoms with Crippen molar-refractivity contribution in [3.8, 4) is 5.75 Å². The number of methoxy groups -OCH3 is 1. The van der Waals surface area contributed by atoms with E-state index in [-0.39, 0.29) is 23.0 Å². The number of ether oxygens (including phenoxy) is 1. The van der Waals surface area contributed by atoms with Gasteiger partial charge in [-0.2, -0.15) is 0 Å². The number of non-ortho nitro benzene ring substituents is 1. The van der Waals surface area contributed by atoms with Crippen LogP contribution in [0.15, 0.2) is 54.9 Å². The van der Waals surface area contributed by atoms with Crippen molar-refractivity contribution in [1.29, 1.82) is 0 Å². The summed E-state index contributed by atoms with van der Waals surface area (Å²) >= 11 is 0. The third kappa shape index (κ3) is 4.63. The number of rotatable bonds is 8. The van der Waals surface area contributed by atoms with Crippen LogP contribution in [0.5, 0.6) is 5.75 Å². The Kier molecular flexibility index (Phi) is 5.64. The summed E-state index contributed by atoms with van der Waals surface area (Å²) in [5, 5.41) is 25.2. The molecule has 0 radical (unpaired) electrons. The second-order valence-corrected chi connectivity index (χ2v) is 5.59. The van der Waals surface area contributed by atoms with Crippen LogP contribution in [-0.4, -0.2) is 26.9 Å². The molecular formula is C17H15N7O5. The minimum atomic E-state index is -0.623. The van der Waals surface area contributed by atoms with E-state index in [1.165, 1.54) is 31.4 Å². The molecule has 3 rings (SSSR count). The van der Waals surface area contributed by atoms with Gasteiger partial charge in [-0.15, -0.1) is 0 Å². The minimum absolute atomic E-state index is 0.0220. The number of nitro benzene ring substituents is 1. The van der Waals surface area contributed by atoms with Gasteiger partial charge in [0.2, 0.25) is 11.6 Å². The third-order valence-corrected chi connectivity index (χ3v) is 3.74. The number of nitrogens with one attached hydrogen (secondary N) is 3. The van der Waals surface area contributed by atoms with Crippen LogP contribution in [0.2, 0.25) is 0 Å². The van der Waals surface area contributed by atoms with Gasteiger partial charge < -0.3 is 10.1 Å². The lowest BCUT2D eigenvalue weighted by Crippen LogP contribution is -2.13. The number of hydrazine groups is 1. The summed E-state index contributed by atoms with van der Waals surface area (Å²) < 4.78 is 5.13. The molecule has 0 amide bonds. The number of hydrogen-bond donors (Lipinski definition) is 3. The molecule has 0 unspecified atom stereocenters. The van der Waals surface area contributed by atoms with E-state index < -0.39 is 9.85 Å². The molecule has 0 spiro atoms. The molecule has 2 aromatic carbocycles. The summed E-state index contributed by atoms with van der Waals surface area (Å²) in [5.41, 5.74) is 5.88. The van der Waals surface area contributed by atoms with Crippen LogP contribution in [-0.2, 0) is 0 Å². The Morgan fingerprint density at radius 3 is 2.28 bits per heavy atom. The predicted octanol–water partition coefficient (Wildman–Crippen LogP) is 3.48. The predicted molar refractivity (Wildman–Crippen MR) is 105 cm³/mol. The lowest BCUT2D eigenvalue weighted by atomic mass is 10.3. The molecule has 0 aliphatic carbocycles. The first-order chi connectivity index (χ1) is 14.0. The quantitative estimate of drug-likeness (QED) is 0.379. The first-order valence-corrected chi connectivity index (χ1v) is 8.15. The molecule has 12 heteroatoms. The van der Waals surface area contributed by atoms with Crippen LogP contribution in [0.4, 0.5) is 34.4 Å². The average Bonchev–Trinajstić information content (AvgIpc) is 2.72. The van der Waals surface area contributed by atoms with Crippen molar-refractivity contribution in [2.24, 2.45) is 0 Å². The molecule has 0 aliphatic rings. The van der Waals surface area contributed by atoms with Crippen LogP contribution >= 0.6 is 0 Å². The SMILES string of the molecule is COc1cccc(Nc2ncnc(NNc3ccc([N+](=O)[O-])cc3)c2[N+](=O)[O-])c1. The van der Waals surface area contributed by atoms with Crippen molar-refractivity contribution in [1.82, 2.24) is 9.97 Å². The van der Waals surface area contributed by atoms with Crippen LogP contribution in [0.25, 0.3) is 0 Å². The molecule has 0 saturated heterocycles. The summed E-state index contributed by atoms with van der Waals surface area (Å²) in [6.45, 7) is 0. The van der Waals surface area contributed by atoms with E-state index in [2.05, 4.69) is 26.1 Å². The Bertz CT molecular complexity index is 1040. The maximum Gasteiger partial charge on any atom is 0.355 e. The maximum absolute atomic E-state index is 11.6. The van der Waals surface area contributed by atoms with Crippen molar-refractivity contribution in [3.63, 3.8) is 0 Å². The maximum atomic E-state index is 11.6. The highest BCUT2D eigenvalue weighted by molar-refractivity contribution is 5.74. The molecule has 148 valence electrons. The van der Waals surface area contributed by atoms with Crippen molar-refractivity contribution in [2.45, 2.75) is 0 Å². The average molecular weight is 397 g/mol. The number of hydrogen-bond acceptors (Lipinski definition) is 10. The van der Waals surface area contributed by atoms with Crippen LogP contribution < -0.4 is 20.9 Å². The standard InChI is InChI=1S/C17H15N7O5/c1-29-14-4-2-3-12(9-14)20-16-15(24(27)28)17(19-10-18-16)22-21-11-5-7-13(8-6-11)23(25)26/h2-10,21H,1H3,(H2,18,19,20,22). The second kappa shape index (κ2) is 8.47. The van der Waals surface area contributed by atoms with Crippen molar-refractivity contribution >= 4 is 34.4 Å². The van der Waals surface area contributed by atoms with Gasteiger partial charge in [0, 0.05) is 23.9 Å². The van der Waals surface area contributed by atoms with E-state index in [4.69, 9.17) is 4.74 Å². The highest BCUT2D eigenvalue weighted by atomic mass is 16.6. The Labute approximate surface area is 163 Å². The number of nitro groups is 2. The molecule has 12 nitrogen and oxygen atoms in total. The largest absolute Gasteiger partial charge is 0.497 e. The summed E-state index contributed by atoms with van der Waals surface area (Å²) in [5.74, 6) is 0.463. The number of nitrogens with zero attached hydrogens (tertiary/aromatic N) is 4. The van der Waals surface area contributed by atoms with E-state index in [0.29, 0.717) is 17.1 Å². The highest BCUT2D eigenvalue weighted by Gasteiger charge is 2.23. The van der Waals surface area contributed by atoms with Gasteiger partial charge >= 0.3 is 5.69 Å². The lowest BCUT2D eigenvalue weighted by molar-refractivity contribution is -0.384. The molecule has 0 atom stereocenters. The van der Waals surface area contributed by atoms with E-state index in [1.807, 2.05) is 0 Å². The fourth-order valence-corrected chi connectivity index (χ4v) is 2.37. The molecule has 0 aliphatic heterocycles. The van der Waals surface area contributed by atoms with Crippen molar-refractivity contribution in [3.05, 3.63) is 75.1 Å². The lowest BCUT2D eigenvalue weighted by Gasteiger charge is -2.12. The molecule has 1 aromatic heterocycles. The van der Waals surface area contributed by atoms with Gasteiger partial charge in [0.05, 0.1) is 22.6 Å². The molecule has 29 heavy (non-hydrogen) atoms. The fourth-order valence-electron chi connectivity index (χ4n) is 2.37. The first-order valence-electron chi connectivity index (χ1n) is 8.15. The topological polar surface area (TPSA) is 157 Å². The Morgan fingerprint density at radius 2 is 1.62 bits per heavy atom. The van der Waals surface area contributed by atoms with Crippen molar-refractivity contribution < 1.29 is 14.6 Å². The van der Waals surface area contributed by atoms with E-state index in [1.54, 1.807) is 24.3 Å².